The first-order valence-electron chi connectivity index (χ1n) is 8.94. The smallest absolute Gasteiger partial charge is 0.416 e. The lowest BCUT2D eigenvalue weighted by atomic mass is 10.0. The number of hydrogen-bond donors (Lipinski definition) is 2. The summed E-state index contributed by atoms with van der Waals surface area (Å²) in [6.45, 7) is 2.84. The van der Waals surface area contributed by atoms with E-state index in [-0.39, 0.29) is 18.1 Å². The van der Waals surface area contributed by atoms with E-state index in [2.05, 4.69) is 0 Å². The molecule has 1 heterocycles. The van der Waals surface area contributed by atoms with Gasteiger partial charge in [-0.05, 0) is 41.5 Å². The normalized spacial score (nSPS) is 16.7. The minimum absolute atomic E-state index is 0.0263. The summed E-state index contributed by atoms with van der Waals surface area (Å²) in [5.41, 5.74) is -0.00847. The second-order valence-corrected chi connectivity index (χ2v) is 6.67. The maximum absolute atomic E-state index is 13.3. The fraction of sp³-hybridized carbons (Fsp3) is 0.400. The monoisotopic (exact) mass is 397 g/mol. The predicted molar refractivity (Wildman–Crippen MR) is 97.3 cm³/mol. The van der Waals surface area contributed by atoms with Gasteiger partial charge in [-0.25, -0.2) is 0 Å². The Morgan fingerprint density at radius 2 is 1.71 bits per heavy atom. The molecule has 1 atom stereocenters. The van der Waals surface area contributed by atoms with Crippen molar-refractivity contribution in [1.82, 2.24) is 4.90 Å². The fourth-order valence-corrected chi connectivity index (χ4v) is 2.99. The van der Waals surface area contributed by atoms with Crippen molar-refractivity contribution in [1.29, 1.82) is 0 Å². The SMILES string of the molecule is Oc1ccc(-c2cc(OCC(O)CN3CCOCC3)cc(C(F)(F)F)c2)cc1. The van der Waals surface area contributed by atoms with Gasteiger partial charge in [0, 0.05) is 19.6 Å². The van der Waals surface area contributed by atoms with E-state index in [1.165, 1.54) is 30.3 Å². The molecule has 2 aromatic carbocycles. The van der Waals surface area contributed by atoms with E-state index in [4.69, 9.17) is 9.47 Å². The lowest BCUT2D eigenvalue weighted by molar-refractivity contribution is -0.137. The molecule has 0 saturated carbocycles. The molecule has 1 saturated heterocycles. The van der Waals surface area contributed by atoms with E-state index >= 15 is 0 Å². The van der Waals surface area contributed by atoms with Crippen LogP contribution in [0, 0.1) is 0 Å². The molecule has 0 radical (unpaired) electrons. The number of ether oxygens (including phenoxy) is 2. The van der Waals surface area contributed by atoms with Gasteiger partial charge in [0.15, 0.2) is 0 Å². The molecule has 1 fully saturated rings. The molecule has 3 rings (SSSR count). The molecule has 1 aliphatic rings. The molecule has 2 aromatic rings. The van der Waals surface area contributed by atoms with Crippen LogP contribution in [0.4, 0.5) is 13.2 Å². The highest BCUT2D eigenvalue weighted by Crippen LogP contribution is 2.36. The molecule has 0 amide bonds. The fourth-order valence-electron chi connectivity index (χ4n) is 2.99. The Labute approximate surface area is 160 Å². The molecule has 2 N–H and O–H groups in total. The van der Waals surface area contributed by atoms with Crippen LogP contribution in [-0.2, 0) is 10.9 Å². The van der Waals surface area contributed by atoms with Gasteiger partial charge in [0.05, 0.1) is 18.8 Å². The van der Waals surface area contributed by atoms with E-state index in [1.54, 1.807) is 0 Å². The first kappa shape index (κ1) is 20.4. The molecule has 1 aliphatic heterocycles. The number of rotatable bonds is 6. The van der Waals surface area contributed by atoms with Crippen LogP contribution in [0.1, 0.15) is 5.56 Å². The molecule has 0 aliphatic carbocycles. The minimum Gasteiger partial charge on any atom is -0.508 e. The summed E-state index contributed by atoms with van der Waals surface area (Å²) >= 11 is 0. The molecule has 152 valence electrons. The zero-order chi connectivity index (χ0) is 20.1. The Morgan fingerprint density at radius 3 is 2.36 bits per heavy atom. The van der Waals surface area contributed by atoms with Crippen LogP contribution in [0.25, 0.3) is 11.1 Å². The zero-order valence-electron chi connectivity index (χ0n) is 15.2. The van der Waals surface area contributed by atoms with Gasteiger partial charge in [-0.1, -0.05) is 12.1 Å². The number of phenols is 1. The molecule has 8 heteroatoms. The van der Waals surface area contributed by atoms with Crippen molar-refractivity contribution in [3.63, 3.8) is 0 Å². The number of nitrogens with zero attached hydrogens (tertiary/aromatic N) is 1. The van der Waals surface area contributed by atoms with Crippen molar-refractivity contribution in [2.24, 2.45) is 0 Å². The predicted octanol–water partition coefficient (Wildman–Crippen LogP) is 3.15. The second-order valence-electron chi connectivity index (χ2n) is 6.67. The summed E-state index contributed by atoms with van der Waals surface area (Å²) in [4.78, 5) is 2.02. The number of aliphatic hydroxyl groups excluding tert-OH is 1. The van der Waals surface area contributed by atoms with Gasteiger partial charge in [0.2, 0.25) is 0 Å². The topological polar surface area (TPSA) is 62.2 Å². The Kier molecular flexibility index (Phi) is 6.43. The number of halogens is 3. The molecule has 1 unspecified atom stereocenters. The number of phenolic OH excluding ortho intramolecular Hbond substituents is 1. The van der Waals surface area contributed by atoms with Gasteiger partial charge in [-0.2, -0.15) is 13.2 Å². The summed E-state index contributed by atoms with van der Waals surface area (Å²) in [5, 5.41) is 19.5. The first-order chi connectivity index (χ1) is 13.3. The van der Waals surface area contributed by atoms with E-state index in [9.17, 15) is 23.4 Å². The number of aromatic hydroxyl groups is 1. The van der Waals surface area contributed by atoms with Crippen molar-refractivity contribution in [2.75, 3.05) is 39.5 Å². The van der Waals surface area contributed by atoms with E-state index in [0.29, 0.717) is 44.0 Å². The van der Waals surface area contributed by atoms with Gasteiger partial charge in [0.1, 0.15) is 24.2 Å². The molecule has 0 aromatic heterocycles. The lowest BCUT2D eigenvalue weighted by Crippen LogP contribution is -2.42. The highest BCUT2D eigenvalue weighted by molar-refractivity contribution is 5.67. The van der Waals surface area contributed by atoms with E-state index in [0.717, 1.165) is 12.1 Å². The summed E-state index contributed by atoms with van der Waals surface area (Å²) < 4.78 is 50.5. The van der Waals surface area contributed by atoms with Gasteiger partial charge < -0.3 is 19.7 Å². The second kappa shape index (κ2) is 8.81. The van der Waals surface area contributed by atoms with Crippen LogP contribution in [-0.4, -0.2) is 60.7 Å². The van der Waals surface area contributed by atoms with Crippen LogP contribution < -0.4 is 4.74 Å². The van der Waals surface area contributed by atoms with Gasteiger partial charge in [-0.15, -0.1) is 0 Å². The standard InChI is InChI=1S/C20H22F3NO4/c21-20(22,23)16-9-15(14-1-3-17(25)4-2-14)10-19(11-16)28-13-18(26)12-24-5-7-27-8-6-24/h1-4,9-11,18,25-26H,5-8,12-13H2. The zero-order valence-corrected chi connectivity index (χ0v) is 15.2. The van der Waals surface area contributed by atoms with Crippen molar-refractivity contribution >= 4 is 0 Å². The summed E-state index contributed by atoms with van der Waals surface area (Å²) in [6, 6.07) is 9.31. The number of alkyl halides is 3. The Hall–Kier alpha value is -2.29. The third kappa shape index (κ3) is 5.60. The number of benzene rings is 2. The van der Waals surface area contributed by atoms with E-state index in [1.807, 2.05) is 4.90 Å². The number of hydrogen-bond acceptors (Lipinski definition) is 5. The number of β-amino-alcohol motifs (C(OH)–C–C–N with tert-alkyl or cyclic N) is 1. The van der Waals surface area contributed by atoms with Crippen LogP contribution >= 0.6 is 0 Å². The third-order valence-electron chi connectivity index (χ3n) is 4.45. The number of morpholine rings is 1. The highest BCUT2D eigenvalue weighted by Gasteiger charge is 2.31. The number of aliphatic hydroxyl groups is 1. The molecule has 28 heavy (non-hydrogen) atoms. The lowest BCUT2D eigenvalue weighted by Gasteiger charge is -2.28. The highest BCUT2D eigenvalue weighted by atomic mass is 19.4. The molecule has 0 bridgehead atoms. The van der Waals surface area contributed by atoms with Crippen molar-refractivity contribution in [3.05, 3.63) is 48.0 Å². The van der Waals surface area contributed by atoms with E-state index < -0.39 is 17.8 Å². The molecular weight excluding hydrogens is 375 g/mol. The van der Waals surface area contributed by atoms with Gasteiger partial charge in [0.25, 0.3) is 0 Å². The maximum atomic E-state index is 13.3. The van der Waals surface area contributed by atoms with Crippen molar-refractivity contribution in [3.8, 4) is 22.6 Å². The van der Waals surface area contributed by atoms with Gasteiger partial charge in [-0.3, -0.25) is 4.90 Å². The molecule has 0 spiro atoms. The Morgan fingerprint density at radius 1 is 1.04 bits per heavy atom. The molecule has 5 nitrogen and oxygen atoms in total. The Balaban J connectivity index is 1.73. The van der Waals surface area contributed by atoms with Crippen LogP contribution in [0.3, 0.4) is 0 Å². The summed E-state index contributed by atoms with van der Waals surface area (Å²) in [6.07, 6.45) is -5.36. The summed E-state index contributed by atoms with van der Waals surface area (Å²) in [7, 11) is 0. The van der Waals surface area contributed by atoms with Crippen molar-refractivity contribution in [2.45, 2.75) is 12.3 Å². The molecular formula is C20H22F3NO4. The third-order valence-corrected chi connectivity index (χ3v) is 4.45. The van der Waals surface area contributed by atoms with Crippen molar-refractivity contribution < 1.29 is 32.9 Å². The van der Waals surface area contributed by atoms with Gasteiger partial charge >= 0.3 is 6.18 Å². The quantitative estimate of drug-likeness (QED) is 0.784. The summed E-state index contributed by atoms with van der Waals surface area (Å²) in [5.74, 6) is 0.0531. The average molecular weight is 397 g/mol. The first-order valence-corrected chi connectivity index (χ1v) is 8.94. The largest absolute Gasteiger partial charge is 0.508 e. The average Bonchev–Trinajstić information content (AvgIpc) is 2.67. The van der Waals surface area contributed by atoms with Crippen LogP contribution in [0.15, 0.2) is 42.5 Å². The van der Waals surface area contributed by atoms with Crippen LogP contribution in [0.5, 0.6) is 11.5 Å². The maximum Gasteiger partial charge on any atom is 0.416 e. The Bertz CT molecular complexity index is 774. The minimum atomic E-state index is -4.53. The van der Waals surface area contributed by atoms with Crippen LogP contribution in [0.2, 0.25) is 0 Å².